The van der Waals surface area contributed by atoms with Gasteiger partial charge in [0.25, 0.3) is 5.91 Å². The highest BCUT2D eigenvalue weighted by molar-refractivity contribution is 6.31. The molecule has 9 heteroatoms. The minimum Gasteiger partial charge on any atom is -0.493 e. The first-order chi connectivity index (χ1) is 15.9. The summed E-state index contributed by atoms with van der Waals surface area (Å²) in [4.78, 5) is 24.4. The van der Waals surface area contributed by atoms with Crippen LogP contribution < -0.4 is 10.1 Å². The number of fused-ring (bicyclic) bond motifs is 1. The maximum Gasteiger partial charge on any atom is 0.331 e. The van der Waals surface area contributed by atoms with Gasteiger partial charge in [0.1, 0.15) is 16.7 Å². The van der Waals surface area contributed by atoms with Gasteiger partial charge in [-0.2, -0.15) is 5.10 Å². The lowest BCUT2D eigenvalue weighted by Gasteiger charge is -2.26. The van der Waals surface area contributed by atoms with E-state index in [1.165, 1.54) is 29.0 Å². The fourth-order valence-electron chi connectivity index (χ4n) is 3.52. The van der Waals surface area contributed by atoms with Crippen molar-refractivity contribution in [3.63, 3.8) is 0 Å². The van der Waals surface area contributed by atoms with Gasteiger partial charge in [0.05, 0.1) is 24.0 Å². The molecule has 2 heterocycles. The molecule has 0 spiro atoms. The number of carbonyl (C=O) groups excluding carboxylic acids is 2. The zero-order valence-corrected chi connectivity index (χ0v) is 18.5. The molecule has 1 unspecified atom stereocenters. The Morgan fingerprint density at radius 2 is 2.03 bits per heavy atom. The molecule has 0 radical (unpaired) electrons. The number of esters is 1. The van der Waals surface area contributed by atoms with Gasteiger partial charge in [-0.3, -0.25) is 4.79 Å². The van der Waals surface area contributed by atoms with Crippen LogP contribution in [-0.2, 0) is 14.3 Å². The monoisotopic (exact) mass is 469 g/mol. The van der Waals surface area contributed by atoms with E-state index < -0.39 is 18.5 Å². The molecule has 3 aromatic rings. The Bertz CT molecular complexity index is 1210. The molecule has 1 atom stereocenters. The SMILES string of the molecule is Cc1nn(-c2ccc(F)cc2)c(Cl)c1/C=C/C(=O)OCC(=O)NC1CCOc2ccccc21. The van der Waals surface area contributed by atoms with Crippen LogP contribution in [0.1, 0.15) is 29.3 Å². The molecule has 170 valence electrons. The highest BCUT2D eigenvalue weighted by Gasteiger charge is 2.23. The van der Waals surface area contributed by atoms with E-state index in [0.29, 0.717) is 30.0 Å². The molecule has 1 N–H and O–H groups in total. The third kappa shape index (κ3) is 5.23. The van der Waals surface area contributed by atoms with Gasteiger partial charge in [-0.1, -0.05) is 29.8 Å². The van der Waals surface area contributed by atoms with Crippen molar-refractivity contribution in [3.8, 4) is 11.4 Å². The minimum atomic E-state index is -0.692. The Hall–Kier alpha value is -3.65. The van der Waals surface area contributed by atoms with Crippen molar-refractivity contribution in [2.24, 2.45) is 0 Å². The molecule has 1 aliphatic heterocycles. The summed E-state index contributed by atoms with van der Waals surface area (Å²) in [6, 6.07) is 13.0. The van der Waals surface area contributed by atoms with Crippen LogP contribution in [0.4, 0.5) is 4.39 Å². The van der Waals surface area contributed by atoms with Crippen molar-refractivity contribution in [3.05, 3.63) is 82.4 Å². The maximum atomic E-state index is 13.2. The van der Waals surface area contributed by atoms with E-state index in [4.69, 9.17) is 21.1 Å². The second kappa shape index (κ2) is 9.87. The third-order valence-corrected chi connectivity index (χ3v) is 5.51. The average Bonchev–Trinajstić information content (AvgIpc) is 3.10. The Kier molecular flexibility index (Phi) is 6.74. The second-order valence-electron chi connectivity index (χ2n) is 7.41. The molecule has 0 bridgehead atoms. The molecule has 0 aliphatic carbocycles. The molecule has 0 fully saturated rings. The minimum absolute atomic E-state index is 0.199. The molecule has 7 nitrogen and oxygen atoms in total. The lowest BCUT2D eigenvalue weighted by atomic mass is 10.0. The third-order valence-electron chi connectivity index (χ3n) is 5.14. The first kappa shape index (κ1) is 22.5. The predicted octanol–water partition coefficient (Wildman–Crippen LogP) is 4.17. The highest BCUT2D eigenvalue weighted by atomic mass is 35.5. The van der Waals surface area contributed by atoms with Gasteiger partial charge in [0.2, 0.25) is 0 Å². The fraction of sp³-hybridized carbons (Fsp3) is 0.208. The van der Waals surface area contributed by atoms with E-state index >= 15 is 0 Å². The van der Waals surface area contributed by atoms with Gasteiger partial charge < -0.3 is 14.8 Å². The van der Waals surface area contributed by atoms with Gasteiger partial charge in [0.15, 0.2) is 6.61 Å². The first-order valence-electron chi connectivity index (χ1n) is 10.3. The number of para-hydroxylation sites is 1. The van der Waals surface area contributed by atoms with Crippen LogP contribution in [0.15, 0.2) is 54.6 Å². The topological polar surface area (TPSA) is 82.5 Å². The van der Waals surface area contributed by atoms with Crippen molar-refractivity contribution < 1.29 is 23.5 Å². The van der Waals surface area contributed by atoms with Crippen LogP contribution in [0.5, 0.6) is 5.75 Å². The molecule has 0 saturated heterocycles. The van der Waals surface area contributed by atoms with Crippen molar-refractivity contribution in [2.45, 2.75) is 19.4 Å². The second-order valence-corrected chi connectivity index (χ2v) is 7.77. The quantitative estimate of drug-likeness (QED) is 0.433. The van der Waals surface area contributed by atoms with E-state index in [2.05, 4.69) is 10.4 Å². The lowest BCUT2D eigenvalue weighted by Crippen LogP contribution is -2.34. The molecular weight excluding hydrogens is 449 g/mol. The largest absolute Gasteiger partial charge is 0.493 e. The number of ether oxygens (including phenoxy) is 2. The van der Waals surface area contributed by atoms with Crippen LogP contribution in [0.2, 0.25) is 5.15 Å². The van der Waals surface area contributed by atoms with Crippen molar-refractivity contribution in [2.75, 3.05) is 13.2 Å². The van der Waals surface area contributed by atoms with Crippen LogP contribution in [-0.4, -0.2) is 34.9 Å². The van der Waals surface area contributed by atoms with Crippen LogP contribution >= 0.6 is 11.6 Å². The number of benzene rings is 2. The van der Waals surface area contributed by atoms with Gasteiger partial charge in [-0.05, 0) is 43.3 Å². The number of rotatable bonds is 6. The molecule has 2 aromatic carbocycles. The number of nitrogens with one attached hydrogen (secondary N) is 1. The number of nitrogens with zero attached hydrogens (tertiary/aromatic N) is 2. The molecule has 0 saturated carbocycles. The standard InChI is InChI=1S/C24H21ClFN3O4/c1-15-18(24(25)29(28-15)17-8-6-16(26)7-9-17)10-11-23(31)33-14-22(30)27-20-12-13-32-21-5-3-2-4-19(20)21/h2-11,20H,12-14H2,1H3,(H,27,30)/b11-10+. The molecule has 1 aromatic heterocycles. The summed E-state index contributed by atoms with van der Waals surface area (Å²) in [5.74, 6) is -0.728. The van der Waals surface area contributed by atoms with Gasteiger partial charge in [-0.25, -0.2) is 13.9 Å². The molecular formula is C24H21ClFN3O4. The van der Waals surface area contributed by atoms with Gasteiger partial charge in [-0.15, -0.1) is 0 Å². The first-order valence-corrected chi connectivity index (χ1v) is 10.7. The zero-order valence-electron chi connectivity index (χ0n) is 17.8. The highest BCUT2D eigenvalue weighted by Crippen LogP contribution is 2.31. The van der Waals surface area contributed by atoms with Crippen LogP contribution in [0.25, 0.3) is 11.8 Å². The fourth-order valence-corrected chi connectivity index (χ4v) is 3.85. The van der Waals surface area contributed by atoms with E-state index in [-0.39, 0.29) is 17.0 Å². The normalized spacial score (nSPS) is 15.1. The average molecular weight is 470 g/mol. The number of aryl methyl sites for hydroxylation is 1. The summed E-state index contributed by atoms with van der Waals surface area (Å²) >= 11 is 6.39. The number of halogens is 2. The van der Waals surface area contributed by atoms with Crippen molar-refractivity contribution in [1.29, 1.82) is 0 Å². The lowest BCUT2D eigenvalue weighted by molar-refractivity contribution is -0.144. The molecule has 1 aliphatic rings. The summed E-state index contributed by atoms with van der Waals surface area (Å²) in [6.45, 7) is 1.82. The number of hydrogen-bond acceptors (Lipinski definition) is 5. The molecule has 1 amide bonds. The van der Waals surface area contributed by atoms with E-state index in [0.717, 1.165) is 11.3 Å². The number of carbonyl (C=O) groups is 2. The Morgan fingerprint density at radius 3 is 2.82 bits per heavy atom. The molecule has 33 heavy (non-hydrogen) atoms. The Morgan fingerprint density at radius 1 is 1.27 bits per heavy atom. The van der Waals surface area contributed by atoms with Crippen LogP contribution in [0, 0.1) is 12.7 Å². The number of aromatic nitrogens is 2. The number of amides is 1. The summed E-state index contributed by atoms with van der Waals surface area (Å²) in [5.41, 5.74) is 2.56. The number of hydrogen-bond donors (Lipinski definition) is 1. The van der Waals surface area contributed by atoms with Crippen molar-refractivity contribution in [1.82, 2.24) is 15.1 Å². The van der Waals surface area contributed by atoms with E-state index in [1.807, 2.05) is 24.3 Å². The van der Waals surface area contributed by atoms with Crippen LogP contribution in [0.3, 0.4) is 0 Å². The Balaban J connectivity index is 1.34. The predicted molar refractivity (Wildman–Crippen MR) is 121 cm³/mol. The van der Waals surface area contributed by atoms with Gasteiger partial charge in [0, 0.05) is 23.6 Å². The van der Waals surface area contributed by atoms with E-state index in [9.17, 15) is 14.0 Å². The smallest absolute Gasteiger partial charge is 0.331 e. The van der Waals surface area contributed by atoms with E-state index in [1.54, 1.807) is 19.1 Å². The summed E-state index contributed by atoms with van der Waals surface area (Å²) < 4.78 is 25.2. The zero-order chi connectivity index (χ0) is 23.4. The van der Waals surface area contributed by atoms with Gasteiger partial charge >= 0.3 is 5.97 Å². The maximum absolute atomic E-state index is 13.2. The summed E-state index contributed by atoms with van der Waals surface area (Å²) in [6.07, 6.45) is 3.29. The Labute approximate surface area is 194 Å². The summed E-state index contributed by atoms with van der Waals surface area (Å²) in [7, 11) is 0. The molecule has 4 rings (SSSR count). The van der Waals surface area contributed by atoms with Crippen molar-refractivity contribution >= 4 is 29.6 Å². The summed E-state index contributed by atoms with van der Waals surface area (Å²) in [5, 5.41) is 7.46.